The fourth-order valence-electron chi connectivity index (χ4n) is 2.68. The van der Waals surface area contributed by atoms with Crippen LogP contribution in [0, 0.1) is 17.5 Å². The molecule has 1 N–H and O–H groups in total. The lowest BCUT2D eigenvalue weighted by Gasteiger charge is -2.17. The maximum Gasteiger partial charge on any atom is 0.272 e. The van der Waals surface area contributed by atoms with Gasteiger partial charge in [0.05, 0.1) is 5.56 Å². The third kappa shape index (κ3) is 3.47. The van der Waals surface area contributed by atoms with Crippen molar-refractivity contribution in [3.63, 3.8) is 0 Å². The first kappa shape index (κ1) is 16.9. The van der Waals surface area contributed by atoms with Crippen molar-refractivity contribution >= 4 is 11.8 Å². The first-order chi connectivity index (χ1) is 12.0. The Bertz CT molecular complexity index is 814. The molecule has 3 rings (SSSR count). The first-order valence-corrected chi connectivity index (χ1v) is 7.62. The Balaban J connectivity index is 1.64. The van der Waals surface area contributed by atoms with Gasteiger partial charge in [-0.15, -0.1) is 0 Å². The van der Waals surface area contributed by atoms with Gasteiger partial charge in [0, 0.05) is 25.3 Å². The van der Waals surface area contributed by atoms with E-state index in [2.05, 4.69) is 10.3 Å². The number of hydrogen-bond donors (Lipinski definition) is 1. The van der Waals surface area contributed by atoms with Crippen molar-refractivity contribution < 1.29 is 22.8 Å². The second kappa shape index (κ2) is 6.92. The molecule has 0 saturated carbocycles. The number of rotatable bonds is 3. The predicted molar refractivity (Wildman–Crippen MR) is 82.3 cm³/mol. The molecular formula is C17H14F3N3O2. The molecular weight excluding hydrogens is 335 g/mol. The van der Waals surface area contributed by atoms with Crippen LogP contribution in [0.15, 0.2) is 36.5 Å². The van der Waals surface area contributed by atoms with E-state index in [1.807, 2.05) is 0 Å². The van der Waals surface area contributed by atoms with E-state index in [-0.39, 0.29) is 12.5 Å². The molecule has 0 unspecified atom stereocenters. The van der Waals surface area contributed by atoms with Crippen LogP contribution >= 0.6 is 0 Å². The zero-order valence-corrected chi connectivity index (χ0v) is 13.0. The molecule has 2 aromatic rings. The molecule has 1 aliphatic rings. The Morgan fingerprint density at radius 1 is 1.12 bits per heavy atom. The third-order valence-electron chi connectivity index (χ3n) is 3.97. The molecule has 5 nitrogen and oxygen atoms in total. The van der Waals surface area contributed by atoms with Crippen molar-refractivity contribution in [1.82, 2.24) is 15.2 Å². The number of nitrogens with one attached hydrogen (secondary N) is 1. The molecule has 2 heterocycles. The van der Waals surface area contributed by atoms with Gasteiger partial charge in [-0.3, -0.25) is 14.6 Å². The number of nitrogens with zero attached hydrogens (tertiary/aromatic N) is 2. The summed E-state index contributed by atoms with van der Waals surface area (Å²) in [5, 5.41) is 2.54. The summed E-state index contributed by atoms with van der Waals surface area (Å²) < 4.78 is 39.8. The number of benzene rings is 1. The molecule has 0 spiro atoms. The largest absolute Gasteiger partial charge is 0.347 e. The summed E-state index contributed by atoms with van der Waals surface area (Å²) in [5.74, 6) is -5.70. The normalized spacial score (nSPS) is 16.8. The number of likely N-dealkylation sites (tertiary alicyclic amines) is 1. The summed E-state index contributed by atoms with van der Waals surface area (Å²) in [4.78, 5) is 29.9. The molecule has 0 bridgehead atoms. The molecule has 0 radical (unpaired) electrons. The molecule has 1 saturated heterocycles. The standard InChI is InChI=1S/C17H14F3N3O2/c18-12-5-4-11(14(19)15(12)20)16(24)22-10-6-8-23(9-10)17(25)13-3-1-2-7-21-13/h1-5,7,10H,6,8-9H2,(H,22,24)/t10-/m1/s1. The van der Waals surface area contributed by atoms with E-state index in [0.717, 1.165) is 6.07 Å². The highest BCUT2D eigenvalue weighted by Gasteiger charge is 2.29. The molecule has 0 aliphatic carbocycles. The van der Waals surface area contributed by atoms with Crippen LogP contribution in [-0.4, -0.2) is 40.8 Å². The smallest absolute Gasteiger partial charge is 0.272 e. The quantitative estimate of drug-likeness (QED) is 0.864. The summed E-state index contributed by atoms with van der Waals surface area (Å²) in [5.41, 5.74) is -0.283. The average Bonchev–Trinajstić information content (AvgIpc) is 3.08. The van der Waals surface area contributed by atoms with Crippen molar-refractivity contribution in [2.75, 3.05) is 13.1 Å². The lowest BCUT2D eigenvalue weighted by Crippen LogP contribution is -2.39. The van der Waals surface area contributed by atoms with E-state index in [9.17, 15) is 22.8 Å². The summed E-state index contributed by atoms with van der Waals surface area (Å²) >= 11 is 0. The Hall–Kier alpha value is -2.90. The van der Waals surface area contributed by atoms with Gasteiger partial charge < -0.3 is 10.2 Å². The number of carbonyl (C=O) groups excluding carboxylic acids is 2. The minimum absolute atomic E-state index is 0.229. The van der Waals surface area contributed by atoms with Crippen molar-refractivity contribution in [1.29, 1.82) is 0 Å². The van der Waals surface area contributed by atoms with Crippen LogP contribution in [0.4, 0.5) is 13.2 Å². The van der Waals surface area contributed by atoms with Gasteiger partial charge in [0.1, 0.15) is 5.69 Å². The predicted octanol–water partition coefficient (Wildman–Crippen LogP) is 2.14. The number of halogens is 3. The second-order valence-corrected chi connectivity index (χ2v) is 5.65. The van der Waals surface area contributed by atoms with E-state index in [0.29, 0.717) is 24.7 Å². The monoisotopic (exact) mass is 349 g/mol. The minimum Gasteiger partial charge on any atom is -0.347 e. The molecule has 2 amide bonds. The van der Waals surface area contributed by atoms with Crippen LogP contribution in [0.5, 0.6) is 0 Å². The zero-order chi connectivity index (χ0) is 18.0. The SMILES string of the molecule is O=C(N[C@@H]1CCN(C(=O)c2ccccn2)C1)c1ccc(F)c(F)c1F. The van der Waals surface area contributed by atoms with Gasteiger partial charge in [-0.05, 0) is 30.7 Å². The van der Waals surface area contributed by atoms with Crippen LogP contribution in [0.1, 0.15) is 27.3 Å². The topological polar surface area (TPSA) is 62.3 Å². The zero-order valence-electron chi connectivity index (χ0n) is 13.0. The molecule has 8 heteroatoms. The Kier molecular flexibility index (Phi) is 4.69. The summed E-state index contributed by atoms with van der Waals surface area (Å²) in [6, 6.07) is 6.15. The molecule has 1 fully saturated rings. The number of amides is 2. The molecule has 130 valence electrons. The van der Waals surface area contributed by atoms with E-state index in [1.54, 1.807) is 18.2 Å². The van der Waals surface area contributed by atoms with Crippen LogP contribution in [0.2, 0.25) is 0 Å². The molecule has 1 aliphatic heterocycles. The maximum atomic E-state index is 13.7. The highest BCUT2D eigenvalue weighted by Crippen LogP contribution is 2.17. The lowest BCUT2D eigenvalue weighted by molar-refractivity contribution is 0.0777. The van der Waals surface area contributed by atoms with Gasteiger partial charge in [0.2, 0.25) is 0 Å². The average molecular weight is 349 g/mol. The van der Waals surface area contributed by atoms with Crippen molar-refractivity contribution in [2.45, 2.75) is 12.5 Å². The van der Waals surface area contributed by atoms with Crippen molar-refractivity contribution in [3.05, 3.63) is 65.2 Å². The highest BCUT2D eigenvalue weighted by molar-refractivity contribution is 5.95. The first-order valence-electron chi connectivity index (χ1n) is 7.62. The molecule has 1 aromatic carbocycles. The van der Waals surface area contributed by atoms with Crippen LogP contribution < -0.4 is 5.32 Å². The van der Waals surface area contributed by atoms with Gasteiger partial charge in [0.15, 0.2) is 17.5 Å². The number of pyridine rings is 1. The minimum atomic E-state index is -1.69. The molecule has 1 atom stereocenters. The number of carbonyl (C=O) groups is 2. The van der Waals surface area contributed by atoms with Gasteiger partial charge in [-0.25, -0.2) is 13.2 Å². The fraction of sp³-hybridized carbons (Fsp3) is 0.235. The van der Waals surface area contributed by atoms with E-state index >= 15 is 0 Å². The third-order valence-corrected chi connectivity index (χ3v) is 3.97. The van der Waals surface area contributed by atoms with Crippen LogP contribution in [0.3, 0.4) is 0 Å². The Morgan fingerprint density at radius 2 is 1.92 bits per heavy atom. The van der Waals surface area contributed by atoms with E-state index in [4.69, 9.17) is 0 Å². The Labute approximate surface area is 141 Å². The van der Waals surface area contributed by atoms with Crippen LogP contribution in [-0.2, 0) is 0 Å². The number of aromatic nitrogens is 1. The van der Waals surface area contributed by atoms with Gasteiger partial charge in [0.25, 0.3) is 11.8 Å². The molecule has 25 heavy (non-hydrogen) atoms. The van der Waals surface area contributed by atoms with Crippen LogP contribution in [0.25, 0.3) is 0 Å². The van der Waals surface area contributed by atoms with E-state index < -0.39 is 35.0 Å². The molecule has 1 aromatic heterocycles. The fourth-order valence-corrected chi connectivity index (χ4v) is 2.68. The summed E-state index contributed by atoms with van der Waals surface area (Å²) in [7, 11) is 0. The van der Waals surface area contributed by atoms with E-state index in [1.165, 1.54) is 11.1 Å². The van der Waals surface area contributed by atoms with Crippen molar-refractivity contribution in [2.24, 2.45) is 0 Å². The highest BCUT2D eigenvalue weighted by atomic mass is 19.2. The summed E-state index contributed by atoms with van der Waals surface area (Å²) in [6.45, 7) is 0.632. The summed E-state index contributed by atoms with van der Waals surface area (Å²) in [6.07, 6.45) is 1.98. The maximum absolute atomic E-state index is 13.7. The lowest BCUT2D eigenvalue weighted by atomic mass is 10.1. The Morgan fingerprint density at radius 3 is 2.64 bits per heavy atom. The van der Waals surface area contributed by atoms with Crippen molar-refractivity contribution in [3.8, 4) is 0 Å². The van der Waals surface area contributed by atoms with Gasteiger partial charge in [-0.1, -0.05) is 6.07 Å². The van der Waals surface area contributed by atoms with Gasteiger partial charge in [-0.2, -0.15) is 0 Å². The number of hydrogen-bond acceptors (Lipinski definition) is 3. The van der Waals surface area contributed by atoms with Gasteiger partial charge >= 0.3 is 0 Å². The second-order valence-electron chi connectivity index (χ2n) is 5.65.